The van der Waals surface area contributed by atoms with Gasteiger partial charge >= 0.3 is 47.8 Å². The third kappa shape index (κ3) is 27.5. The number of aliphatic hydroxyl groups excluding tert-OH is 7. The van der Waals surface area contributed by atoms with Gasteiger partial charge in [0.25, 0.3) is 0 Å². The summed E-state index contributed by atoms with van der Waals surface area (Å²) in [5, 5.41) is 153. The fourth-order valence-corrected chi connectivity index (χ4v) is 7.43. The van der Waals surface area contributed by atoms with Crippen molar-refractivity contribution in [1.82, 2.24) is 40.0 Å². The monoisotopic (exact) mass is 1090 g/mol. The molecule has 0 spiro atoms. The number of nitrogens with zero attached hydrogens (tertiary/aromatic N) is 6. The topological polar surface area (TPSA) is 536 Å². The van der Waals surface area contributed by atoms with Crippen LogP contribution < -0.4 is 10.6 Å². The van der Waals surface area contributed by atoms with E-state index in [1.807, 2.05) is 0 Å². The second-order valence-electron chi connectivity index (χ2n) is 17.0. The lowest BCUT2D eigenvalue weighted by atomic mass is 9.96. The van der Waals surface area contributed by atoms with Crippen LogP contribution in [0.1, 0.15) is 0 Å². The van der Waals surface area contributed by atoms with E-state index in [4.69, 9.17) is 29.9 Å². The number of carboxylic acid groups (broad SMARTS) is 8. The van der Waals surface area contributed by atoms with Crippen LogP contribution in [0.3, 0.4) is 0 Å². The summed E-state index contributed by atoms with van der Waals surface area (Å²) in [6.07, 6.45) is -14.6. The summed E-state index contributed by atoms with van der Waals surface area (Å²) in [5.41, 5.74) is 0. The highest BCUT2D eigenvalue weighted by atomic mass is 16.7. The SMILES string of the molecule is O=C(O)CN(CCN(CC(=O)O)CC(=O)O)CCN(CC(=O)O)CC(=O)N[C@H]1[C@H](O[C@@H]([C@H](O)[C@@H](CO)NC(=O)CN(CCN(CCN(CC(=O)O)CC(=O)O)CC(=O)O)CC(=O)O)[C@H](O)CO)O[C@H](CO)[C@@H](O)[C@@H]1O. The van der Waals surface area contributed by atoms with Crippen LogP contribution in [0.15, 0.2) is 0 Å². The molecule has 1 fully saturated rings. The van der Waals surface area contributed by atoms with Crippen molar-refractivity contribution >= 4 is 59.6 Å². The molecule has 0 aromatic rings. The smallest absolute Gasteiger partial charge is 0.317 e. The Hall–Kier alpha value is -5.90. The lowest BCUT2D eigenvalue weighted by Crippen LogP contribution is -2.67. The minimum atomic E-state index is -2.28. The normalized spacial score (nSPS) is 19.5. The minimum absolute atomic E-state index is 0.227. The van der Waals surface area contributed by atoms with E-state index >= 15 is 0 Å². The average molecular weight is 1090 g/mol. The molecule has 1 saturated heterocycles. The number of ether oxygens (including phenoxy) is 2. The van der Waals surface area contributed by atoms with Crippen LogP contribution in [-0.4, -0.2) is 358 Å². The molecule has 0 aromatic carbocycles. The van der Waals surface area contributed by atoms with E-state index in [1.165, 1.54) is 9.80 Å². The molecule has 430 valence electrons. The fourth-order valence-electron chi connectivity index (χ4n) is 7.43. The van der Waals surface area contributed by atoms with E-state index in [-0.39, 0.29) is 52.4 Å². The van der Waals surface area contributed by atoms with Gasteiger partial charge in [0.2, 0.25) is 11.8 Å². The first kappa shape index (κ1) is 67.1. The predicted molar refractivity (Wildman–Crippen MR) is 242 cm³/mol. The number of hydrogen-bond donors (Lipinski definition) is 17. The lowest BCUT2D eigenvalue weighted by Gasteiger charge is -2.44. The van der Waals surface area contributed by atoms with E-state index in [0.29, 0.717) is 0 Å². The first-order chi connectivity index (χ1) is 35.1. The molecule has 1 rings (SSSR count). The maximum Gasteiger partial charge on any atom is 0.317 e. The molecule has 0 bridgehead atoms. The number of rotatable bonds is 42. The molecule has 0 radical (unpaired) electrons. The summed E-state index contributed by atoms with van der Waals surface area (Å²) in [6, 6.07) is -3.80. The predicted octanol–water partition coefficient (Wildman–Crippen LogP) is -11.0. The molecule has 35 nitrogen and oxygen atoms in total. The molecule has 2 amide bonds. The Kier molecular flexibility index (Phi) is 31.0. The molecule has 0 aliphatic carbocycles. The van der Waals surface area contributed by atoms with Gasteiger partial charge in [0, 0.05) is 52.4 Å². The van der Waals surface area contributed by atoms with Gasteiger partial charge in [0.15, 0.2) is 6.29 Å². The largest absolute Gasteiger partial charge is 0.480 e. The Morgan fingerprint density at radius 2 is 0.773 bits per heavy atom. The van der Waals surface area contributed by atoms with Crippen molar-refractivity contribution < 1.29 is 134 Å². The van der Waals surface area contributed by atoms with Gasteiger partial charge in [-0.05, 0) is 0 Å². The van der Waals surface area contributed by atoms with E-state index in [0.717, 1.165) is 19.6 Å². The van der Waals surface area contributed by atoms with Gasteiger partial charge in [-0.15, -0.1) is 0 Å². The molecule has 1 aliphatic heterocycles. The summed E-state index contributed by atoms with van der Waals surface area (Å²) in [6.45, 7) is -13.4. The number of aliphatic hydroxyl groups is 7. The maximum absolute atomic E-state index is 13.5. The second-order valence-corrected chi connectivity index (χ2v) is 17.0. The van der Waals surface area contributed by atoms with Gasteiger partial charge in [0.1, 0.15) is 42.7 Å². The Morgan fingerprint density at radius 1 is 0.453 bits per heavy atom. The van der Waals surface area contributed by atoms with Crippen LogP contribution in [-0.2, 0) is 57.4 Å². The highest BCUT2D eigenvalue weighted by molar-refractivity contribution is 5.80. The van der Waals surface area contributed by atoms with Crippen molar-refractivity contribution in [3.8, 4) is 0 Å². The van der Waals surface area contributed by atoms with Gasteiger partial charge in [-0.2, -0.15) is 0 Å². The van der Waals surface area contributed by atoms with Gasteiger partial charge in [-0.3, -0.25) is 77.3 Å². The van der Waals surface area contributed by atoms with Crippen molar-refractivity contribution in [3.63, 3.8) is 0 Å². The van der Waals surface area contributed by atoms with Crippen LogP contribution >= 0.6 is 0 Å². The summed E-state index contributed by atoms with van der Waals surface area (Å²) >= 11 is 0. The minimum Gasteiger partial charge on any atom is -0.480 e. The standard InChI is InChI=1S/C40H68N8O27/c49-19-22(41-25(53)9-45(13-29(59)60)5-1-43(11-27(55)56)3-7-47(15-31(63)64)16-32(65)66)36(71)39(23(52)20-50)75-40-35(38(73)37(72)24(21-51)74-40)42-26(54)10-46(14-30(61)62)6-2-44(12-28(57)58)4-8-48(17-33(67)68)18-34(69)70/h22-24,35-40,49-52,71-73H,1-21H2,(H,41,53)(H,42,54)(H,55,56)(H,57,58)(H,59,60)(H,61,62)(H,63,64)(H,65,66)(H,67,68)(H,69,70)/t22-,23-,24-,35-,36-,37-,38-,39-,40+/m1/s1. The second kappa shape index (κ2) is 34.6. The number of hydrogen-bond acceptors (Lipinski definition) is 25. The van der Waals surface area contributed by atoms with Gasteiger partial charge in [-0.1, -0.05) is 0 Å². The average Bonchev–Trinajstić information content (AvgIpc) is 3.28. The Morgan fingerprint density at radius 3 is 1.09 bits per heavy atom. The molecule has 9 atom stereocenters. The Balaban J connectivity index is 3.34. The molecule has 0 unspecified atom stereocenters. The van der Waals surface area contributed by atoms with E-state index in [9.17, 15) is 104 Å². The maximum atomic E-state index is 13.5. The first-order valence-corrected chi connectivity index (χ1v) is 22.6. The van der Waals surface area contributed by atoms with Crippen molar-refractivity contribution in [1.29, 1.82) is 0 Å². The number of aliphatic carboxylic acids is 8. The lowest BCUT2D eigenvalue weighted by molar-refractivity contribution is -0.300. The highest BCUT2D eigenvalue weighted by Gasteiger charge is 2.48. The number of carboxylic acids is 8. The number of nitrogens with one attached hydrogen (secondary N) is 2. The van der Waals surface area contributed by atoms with E-state index in [2.05, 4.69) is 10.6 Å². The Labute approximate surface area is 425 Å². The van der Waals surface area contributed by atoms with Crippen molar-refractivity contribution in [3.05, 3.63) is 0 Å². The van der Waals surface area contributed by atoms with Gasteiger partial charge in [0.05, 0.1) is 91.3 Å². The molecule has 1 heterocycles. The summed E-state index contributed by atoms with van der Waals surface area (Å²) < 4.78 is 11.3. The zero-order valence-electron chi connectivity index (χ0n) is 40.3. The molecule has 1 aliphatic rings. The van der Waals surface area contributed by atoms with Gasteiger partial charge in [-0.25, -0.2) is 0 Å². The van der Waals surface area contributed by atoms with Crippen molar-refractivity contribution in [2.45, 2.75) is 55.0 Å². The number of amides is 2. The molecule has 35 heteroatoms. The van der Waals surface area contributed by atoms with Crippen LogP contribution in [0, 0.1) is 0 Å². The van der Waals surface area contributed by atoms with Crippen molar-refractivity contribution in [2.75, 3.05) is 138 Å². The number of carbonyl (C=O) groups excluding carboxylic acids is 2. The highest BCUT2D eigenvalue weighted by Crippen LogP contribution is 2.25. The summed E-state index contributed by atoms with van der Waals surface area (Å²) in [4.78, 5) is 125. The molecule has 75 heavy (non-hydrogen) atoms. The third-order valence-corrected chi connectivity index (χ3v) is 10.9. The molecular formula is C40H68N8O27. The van der Waals surface area contributed by atoms with Crippen LogP contribution in [0.4, 0.5) is 0 Å². The fraction of sp³-hybridized carbons (Fsp3) is 0.750. The summed E-state index contributed by atoms with van der Waals surface area (Å²) in [5.74, 6) is -13.5. The third-order valence-electron chi connectivity index (χ3n) is 10.9. The molecule has 0 saturated carbocycles. The van der Waals surface area contributed by atoms with E-state index < -0.39 is 200 Å². The quantitative estimate of drug-likeness (QED) is 0.0270. The van der Waals surface area contributed by atoms with Crippen molar-refractivity contribution in [2.24, 2.45) is 0 Å². The molecule has 0 aromatic heterocycles. The summed E-state index contributed by atoms with van der Waals surface area (Å²) in [7, 11) is 0. The van der Waals surface area contributed by atoms with E-state index in [1.54, 1.807) is 0 Å². The zero-order valence-corrected chi connectivity index (χ0v) is 40.3. The molecular weight excluding hydrogens is 1020 g/mol. The molecule has 17 N–H and O–H groups in total. The first-order valence-electron chi connectivity index (χ1n) is 22.6. The van der Waals surface area contributed by atoms with Crippen LogP contribution in [0.5, 0.6) is 0 Å². The van der Waals surface area contributed by atoms with Gasteiger partial charge < -0.3 is 96.7 Å². The number of carbonyl (C=O) groups is 10. The zero-order chi connectivity index (χ0) is 57.1. The van der Waals surface area contributed by atoms with Crippen LogP contribution in [0.25, 0.3) is 0 Å². The Bertz CT molecular complexity index is 1860. The van der Waals surface area contributed by atoms with Crippen LogP contribution in [0.2, 0.25) is 0 Å².